The molecule has 2 aliphatic rings. The third kappa shape index (κ3) is 2.04. The van der Waals surface area contributed by atoms with Crippen molar-refractivity contribution in [3.63, 3.8) is 0 Å². The SMILES string of the molecule is O=C1CCC2CN(c3cncc(Br)c3)CCN12. The number of hydrogen-bond donors (Lipinski definition) is 0. The zero-order valence-corrected chi connectivity index (χ0v) is 11.1. The maximum absolute atomic E-state index is 11.6. The predicted molar refractivity (Wildman–Crippen MR) is 68.9 cm³/mol. The van der Waals surface area contributed by atoms with Crippen molar-refractivity contribution in [3.8, 4) is 0 Å². The number of hydrogen-bond acceptors (Lipinski definition) is 3. The monoisotopic (exact) mass is 295 g/mol. The smallest absolute Gasteiger partial charge is 0.223 e. The van der Waals surface area contributed by atoms with Crippen LogP contribution in [0.1, 0.15) is 12.8 Å². The summed E-state index contributed by atoms with van der Waals surface area (Å²) in [7, 11) is 0. The van der Waals surface area contributed by atoms with Gasteiger partial charge < -0.3 is 9.80 Å². The van der Waals surface area contributed by atoms with Gasteiger partial charge in [-0.05, 0) is 28.4 Å². The highest BCUT2D eigenvalue weighted by Gasteiger charge is 2.35. The van der Waals surface area contributed by atoms with Gasteiger partial charge in [0.2, 0.25) is 5.91 Å². The minimum Gasteiger partial charge on any atom is -0.366 e. The van der Waals surface area contributed by atoms with Gasteiger partial charge in [0.05, 0.1) is 11.9 Å². The maximum Gasteiger partial charge on any atom is 0.223 e. The molecule has 2 saturated heterocycles. The highest BCUT2D eigenvalue weighted by Crippen LogP contribution is 2.26. The van der Waals surface area contributed by atoms with Gasteiger partial charge in [-0.3, -0.25) is 9.78 Å². The minimum absolute atomic E-state index is 0.321. The van der Waals surface area contributed by atoms with Crippen LogP contribution in [-0.4, -0.2) is 41.5 Å². The van der Waals surface area contributed by atoms with Crippen molar-refractivity contribution in [2.24, 2.45) is 0 Å². The molecule has 0 radical (unpaired) electrons. The van der Waals surface area contributed by atoms with Crippen molar-refractivity contribution in [2.45, 2.75) is 18.9 Å². The number of halogens is 1. The van der Waals surface area contributed by atoms with E-state index in [2.05, 4.69) is 31.9 Å². The Kier molecular flexibility index (Phi) is 2.78. The number of carbonyl (C=O) groups excluding carboxylic acids is 1. The molecular weight excluding hydrogens is 282 g/mol. The molecule has 90 valence electrons. The van der Waals surface area contributed by atoms with E-state index < -0.39 is 0 Å². The lowest BCUT2D eigenvalue weighted by molar-refractivity contribution is -0.129. The summed E-state index contributed by atoms with van der Waals surface area (Å²) in [4.78, 5) is 20.1. The van der Waals surface area contributed by atoms with E-state index in [1.807, 2.05) is 11.1 Å². The Balaban J connectivity index is 1.77. The third-order valence-corrected chi connectivity index (χ3v) is 3.98. The van der Waals surface area contributed by atoms with Crippen molar-refractivity contribution >= 4 is 27.5 Å². The van der Waals surface area contributed by atoms with Gasteiger partial charge in [0.15, 0.2) is 0 Å². The Labute approximate surface area is 109 Å². The largest absolute Gasteiger partial charge is 0.366 e. The fourth-order valence-electron chi connectivity index (χ4n) is 2.67. The predicted octanol–water partition coefficient (Wildman–Crippen LogP) is 1.66. The van der Waals surface area contributed by atoms with E-state index in [1.54, 1.807) is 6.20 Å². The molecule has 4 nitrogen and oxygen atoms in total. The van der Waals surface area contributed by atoms with Crippen LogP contribution in [-0.2, 0) is 4.79 Å². The normalized spacial score (nSPS) is 24.1. The Morgan fingerprint density at radius 3 is 3.06 bits per heavy atom. The molecule has 2 aliphatic heterocycles. The van der Waals surface area contributed by atoms with Crippen LogP contribution in [0.25, 0.3) is 0 Å². The number of fused-ring (bicyclic) bond motifs is 1. The lowest BCUT2D eigenvalue weighted by atomic mass is 10.1. The molecule has 0 N–H and O–H groups in total. The average molecular weight is 296 g/mol. The maximum atomic E-state index is 11.6. The molecule has 3 heterocycles. The molecule has 1 unspecified atom stereocenters. The van der Waals surface area contributed by atoms with Crippen molar-refractivity contribution in [2.75, 3.05) is 24.5 Å². The van der Waals surface area contributed by atoms with Crippen molar-refractivity contribution < 1.29 is 4.79 Å². The van der Waals surface area contributed by atoms with E-state index >= 15 is 0 Å². The fraction of sp³-hybridized carbons (Fsp3) is 0.500. The summed E-state index contributed by atoms with van der Waals surface area (Å²) in [6, 6.07) is 2.48. The van der Waals surface area contributed by atoms with Gasteiger partial charge in [-0.2, -0.15) is 0 Å². The number of rotatable bonds is 1. The number of amides is 1. The van der Waals surface area contributed by atoms with Crippen LogP contribution >= 0.6 is 15.9 Å². The van der Waals surface area contributed by atoms with Gasteiger partial charge in [0.25, 0.3) is 0 Å². The topological polar surface area (TPSA) is 36.4 Å². The molecule has 3 rings (SSSR count). The molecule has 0 bridgehead atoms. The van der Waals surface area contributed by atoms with Crippen LogP contribution in [0.3, 0.4) is 0 Å². The molecule has 2 fully saturated rings. The number of anilines is 1. The van der Waals surface area contributed by atoms with Gasteiger partial charge in [-0.25, -0.2) is 0 Å². The van der Waals surface area contributed by atoms with Crippen LogP contribution in [0.5, 0.6) is 0 Å². The molecule has 1 atom stereocenters. The van der Waals surface area contributed by atoms with E-state index in [0.29, 0.717) is 11.9 Å². The second kappa shape index (κ2) is 4.29. The molecule has 0 saturated carbocycles. The quantitative estimate of drug-likeness (QED) is 0.791. The van der Waals surface area contributed by atoms with Crippen molar-refractivity contribution in [1.82, 2.24) is 9.88 Å². The second-order valence-electron chi connectivity index (χ2n) is 4.59. The summed E-state index contributed by atoms with van der Waals surface area (Å²) in [5, 5.41) is 0. The zero-order valence-electron chi connectivity index (χ0n) is 9.47. The summed E-state index contributed by atoms with van der Waals surface area (Å²) < 4.78 is 1.000. The molecule has 1 amide bonds. The van der Waals surface area contributed by atoms with Gasteiger partial charge in [-0.1, -0.05) is 0 Å². The molecule has 0 spiro atoms. The van der Waals surface area contributed by atoms with Crippen LogP contribution in [0.2, 0.25) is 0 Å². The first-order chi connectivity index (χ1) is 8.24. The third-order valence-electron chi connectivity index (χ3n) is 3.55. The van der Waals surface area contributed by atoms with Crippen LogP contribution in [0, 0.1) is 0 Å². The van der Waals surface area contributed by atoms with Crippen LogP contribution in [0.4, 0.5) is 5.69 Å². The minimum atomic E-state index is 0.321. The molecule has 1 aromatic rings. The highest BCUT2D eigenvalue weighted by atomic mass is 79.9. The van der Waals surface area contributed by atoms with E-state index in [1.165, 1.54) is 0 Å². The first-order valence-electron chi connectivity index (χ1n) is 5.89. The Bertz CT molecular complexity index is 451. The lowest BCUT2D eigenvalue weighted by Crippen LogP contribution is -2.51. The summed E-state index contributed by atoms with van der Waals surface area (Å²) in [6.07, 6.45) is 5.39. The summed E-state index contributed by atoms with van der Waals surface area (Å²) in [5.41, 5.74) is 1.14. The first kappa shape index (κ1) is 11.0. The first-order valence-corrected chi connectivity index (χ1v) is 6.68. The Morgan fingerprint density at radius 2 is 2.24 bits per heavy atom. The molecule has 1 aromatic heterocycles. The van der Waals surface area contributed by atoms with Gasteiger partial charge >= 0.3 is 0 Å². The lowest BCUT2D eigenvalue weighted by Gasteiger charge is -2.38. The summed E-state index contributed by atoms with van der Waals surface area (Å²) >= 11 is 3.44. The molecule has 5 heteroatoms. The van der Waals surface area contributed by atoms with E-state index in [-0.39, 0.29) is 0 Å². The van der Waals surface area contributed by atoms with Gasteiger partial charge in [0, 0.05) is 42.8 Å². The Morgan fingerprint density at radius 1 is 1.35 bits per heavy atom. The highest BCUT2D eigenvalue weighted by molar-refractivity contribution is 9.10. The number of piperazine rings is 1. The molecule has 0 aromatic carbocycles. The number of carbonyl (C=O) groups is 1. The van der Waals surface area contributed by atoms with Gasteiger partial charge in [0.1, 0.15) is 0 Å². The summed E-state index contributed by atoms with van der Waals surface area (Å²) in [6.45, 7) is 2.68. The van der Waals surface area contributed by atoms with Crippen LogP contribution in [0.15, 0.2) is 22.9 Å². The zero-order chi connectivity index (χ0) is 11.8. The molecular formula is C12H14BrN3O. The van der Waals surface area contributed by atoms with E-state index in [9.17, 15) is 4.79 Å². The molecule has 17 heavy (non-hydrogen) atoms. The summed E-state index contributed by atoms with van der Waals surface area (Å²) in [5.74, 6) is 0.321. The van der Waals surface area contributed by atoms with Crippen molar-refractivity contribution in [3.05, 3.63) is 22.9 Å². The van der Waals surface area contributed by atoms with Gasteiger partial charge in [-0.15, -0.1) is 0 Å². The number of pyridine rings is 1. The Hall–Kier alpha value is -1.10. The standard InChI is InChI=1S/C12H14BrN3O/c13-9-5-11(7-14-6-9)15-3-4-16-10(8-15)1-2-12(16)17/h5-7,10H,1-4,8H2. The molecule has 0 aliphatic carbocycles. The van der Waals surface area contributed by atoms with Crippen molar-refractivity contribution in [1.29, 1.82) is 0 Å². The number of nitrogens with zero attached hydrogens (tertiary/aromatic N) is 3. The number of aromatic nitrogens is 1. The average Bonchev–Trinajstić information content (AvgIpc) is 2.71. The van der Waals surface area contributed by atoms with E-state index in [0.717, 1.165) is 42.6 Å². The fourth-order valence-corrected chi connectivity index (χ4v) is 3.03. The van der Waals surface area contributed by atoms with E-state index in [4.69, 9.17) is 0 Å². The second-order valence-corrected chi connectivity index (χ2v) is 5.50. The van der Waals surface area contributed by atoms with Crippen LogP contribution < -0.4 is 4.90 Å².